The maximum atomic E-state index is 11.5. The molecule has 7 heteroatoms. The molecule has 0 bridgehead atoms. The lowest BCUT2D eigenvalue weighted by atomic mass is 10.0. The zero-order valence-electron chi connectivity index (χ0n) is 14.2. The molecule has 3 heterocycles. The van der Waals surface area contributed by atoms with Gasteiger partial charge in [0, 0.05) is 36.7 Å². The number of hydrogen-bond donors (Lipinski definition) is 1. The minimum absolute atomic E-state index is 0.268. The molecule has 1 aliphatic rings. The van der Waals surface area contributed by atoms with Gasteiger partial charge in [-0.05, 0) is 30.5 Å². The summed E-state index contributed by atoms with van der Waals surface area (Å²) in [4.78, 5) is 17.2. The molecule has 130 valence electrons. The molecule has 1 N–H and O–H groups in total. The van der Waals surface area contributed by atoms with Crippen molar-refractivity contribution in [2.75, 3.05) is 20.2 Å². The minimum atomic E-state index is -0.441. The van der Waals surface area contributed by atoms with E-state index < -0.39 is 5.97 Å². The van der Waals surface area contributed by atoms with Gasteiger partial charge in [-0.25, -0.2) is 9.48 Å². The molecule has 0 unspecified atom stereocenters. The summed E-state index contributed by atoms with van der Waals surface area (Å²) >= 11 is 0. The van der Waals surface area contributed by atoms with Crippen molar-refractivity contribution in [1.82, 2.24) is 24.9 Å². The number of benzene rings is 1. The predicted molar refractivity (Wildman–Crippen MR) is 93.2 cm³/mol. The highest BCUT2D eigenvalue weighted by atomic mass is 16.5. The molecule has 4 rings (SSSR count). The van der Waals surface area contributed by atoms with Gasteiger partial charge in [0.15, 0.2) is 5.69 Å². The van der Waals surface area contributed by atoms with E-state index >= 15 is 0 Å². The van der Waals surface area contributed by atoms with E-state index in [9.17, 15) is 4.79 Å². The van der Waals surface area contributed by atoms with E-state index in [1.165, 1.54) is 23.6 Å². The van der Waals surface area contributed by atoms with Crippen LogP contribution < -0.4 is 0 Å². The molecule has 0 amide bonds. The van der Waals surface area contributed by atoms with Crippen molar-refractivity contribution in [3.63, 3.8) is 0 Å². The van der Waals surface area contributed by atoms with Crippen LogP contribution in [0.5, 0.6) is 0 Å². The number of H-pyrrole nitrogens is 1. The Balaban J connectivity index is 1.39. The Bertz CT molecular complexity index is 876. The number of carbonyl (C=O) groups is 1. The summed E-state index contributed by atoms with van der Waals surface area (Å²) < 4.78 is 6.49. The third-order valence-corrected chi connectivity index (χ3v) is 4.92. The molecule has 1 aromatic carbocycles. The summed E-state index contributed by atoms with van der Waals surface area (Å²) in [6, 6.07) is 8.83. The van der Waals surface area contributed by atoms with E-state index in [0.717, 1.165) is 32.5 Å². The summed E-state index contributed by atoms with van der Waals surface area (Å²) in [7, 11) is 1.35. The average Bonchev–Trinajstić information content (AvgIpc) is 3.32. The maximum absolute atomic E-state index is 11.5. The molecule has 0 saturated carbocycles. The van der Waals surface area contributed by atoms with Crippen LogP contribution in [0.1, 0.15) is 34.9 Å². The molecular weight excluding hydrogens is 318 g/mol. The molecule has 0 atom stereocenters. The number of aromatic nitrogens is 4. The van der Waals surface area contributed by atoms with Crippen molar-refractivity contribution in [3.8, 4) is 0 Å². The van der Waals surface area contributed by atoms with Crippen molar-refractivity contribution in [2.24, 2.45) is 0 Å². The van der Waals surface area contributed by atoms with Crippen molar-refractivity contribution in [2.45, 2.75) is 25.4 Å². The van der Waals surface area contributed by atoms with Crippen molar-refractivity contribution in [1.29, 1.82) is 0 Å². The van der Waals surface area contributed by atoms with Crippen molar-refractivity contribution in [3.05, 3.63) is 47.9 Å². The lowest BCUT2D eigenvalue weighted by molar-refractivity contribution is 0.0594. The number of hydrogen-bond acceptors (Lipinski definition) is 5. The highest BCUT2D eigenvalue weighted by molar-refractivity contribution is 5.86. The van der Waals surface area contributed by atoms with E-state index in [-0.39, 0.29) is 11.7 Å². The lowest BCUT2D eigenvalue weighted by Crippen LogP contribution is -2.34. The Morgan fingerprint density at radius 3 is 2.96 bits per heavy atom. The molecule has 0 aliphatic carbocycles. The van der Waals surface area contributed by atoms with Gasteiger partial charge in [0.05, 0.1) is 19.3 Å². The van der Waals surface area contributed by atoms with E-state index in [1.54, 1.807) is 10.9 Å². The van der Waals surface area contributed by atoms with Crippen LogP contribution in [0.2, 0.25) is 0 Å². The average molecular weight is 339 g/mol. The van der Waals surface area contributed by atoms with Gasteiger partial charge >= 0.3 is 5.97 Å². The first-order valence-corrected chi connectivity index (χ1v) is 8.52. The standard InChI is InChI=1S/C18H21N5O2/c1-25-18(24)17-12-23(21-20-17)14-6-9-22(10-7-14)11-13-3-2-4-16-15(13)5-8-19-16/h2-5,8,12,14,19H,6-7,9-11H2,1H3. The highest BCUT2D eigenvalue weighted by Gasteiger charge is 2.23. The molecular formula is C18H21N5O2. The van der Waals surface area contributed by atoms with E-state index in [2.05, 4.69) is 49.2 Å². The van der Waals surface area contributed by atoms with E-state index in [0.29, 0.717) is 0 Å². The van der Waals surface area contributed by atoms with Gasteiger partial charge in [0.25, 0.3) is 0 Å². The minimum Gasteiger partial charge on any atom is -0.464 e. The fourth-order valence-electron chi connectivity index (χ4n) is 3.52. The summed E-state index contributed by atoms with van der Waals surface area (Å²) in [5.74, 6) is -0.441. The zero-order chi connectivity index (χ0) is 17.2. The molecule has 3 aromatic rings. The second kappa shape index (κ2) is 6.68. The topological polar surface area (TPSA) is 76.0 Å². The van der Waals surface area contributed by atoms with Crippen LogP contribution >= 0.6 is 0 Å². The first-order valence-electron chi connectivity index (χ1n) is 8.52. The second-order valence-electron chi connectivity index (χ2n) is 6.44. The van der Waals surface area contributed by atoms with Crippen molar-refractivity contribution < 1.29 is 9.53 Å². The maximum Gasteiger partial charge on any atom is 0.360 e. The zero-order valence-corrected chi connectivity index (χ0v) is 14.2. The van der Waals surface area contributed by atoms with Crippen LogP contribution in [-0.4, -0.2) is 51.0 Å². The smallest absolute Gasteiger partial charge is 0.360 e. The van der Waals surface area contributed by atoms with E-state index in [1.807, 2.05) is 6.20 Å². The number of ether oxygens (including phenoxy) is 1. The Kier molecular flexibility index (Phi) is 4.23. The molecule has 25 heavy (non-hydrogen) atoms. The Morgan fingerprint density at radius 2 is 2.16 bits per heavy atom. The molecule has 2 aromatic heterocycles. The quantitative estimate of drug-likeness (QED) is 0.739. The number of fused-ring (bicyclic) bond motifs is 1. The molecule has 1 fully saturated rings. The van der Waals surface area contributed by atoms with Gasteiger partial charge in [-0.1, -0.05) is 17.3 Å². The third-order valence-electron chi connectivity index (χ3n) is 4.92. The van der Waals surface area contributed by atoms with Gasteiger partial charge < -0.3 is 9.72 Å². The Labute approximate surface area is 145 Å². The first kappa shape index (κ1) is 15.8. The number of nitrogens with zero attached hydrogens (tertiary/aromatic N) is 4. The van der Waals surface area contributed by atoms with Gasteiger partial charge in [-0.15, -0.1) is 5.10 Å². The van der Waals surface area contributed by atoms with Crippen LogP contribution in [-0.2, 0) is 11.3 Å². The number of nitrogens with one attached hydrogen (secondary N) is 1. The second-order valence-corrected chi connectivity index (χ2v) is 6.44. The lowest BCUT2D eigenvalue weighted by Gasteiger charge is -2.31. The number of aromatic amines is 1. The van der Waals surface area contributed by atoms with Crippen LogP contribution in [0.15, 0.2) is 36.7 Å². The van der Waals surface area contributed by atoms with Crippen LogP contribution in [0.25, 0.3) is 10.9 Å². The summed E-state index contributed by atoms with van der Waals surface area (Å²) in [5.41, 5.74) is 2.81. The van der Waals surface area contributed by atoms with E-state index in [4.69, 9.17) is 0 Å². The van der Waals surface area contributed by atoms with Crippen LogP contribution in [0, 0.1) is 0 Å². The number of methoxy groups -OCH3 is 1. The normalized spacial score (nSPS) is 16.4. The predicted octanol–water partition coefficient (Wildman–Crippen LogP) is 2.38. The largest absolute Gasteiger partial charge is 0.464 e. The number of esters is 1. The highest BCUT2D eigenvalue weighted by Crippen LogP contribution is 2.25. The summed E-state index contributed by atoms with van der Waals surface area (Å²) in [5, 5.41) is 9.29. The van der Waals surface area contributed by atoms with Gasteiger partial charge in [-0.3, -0.25) is 4.90 Å². The number of carbonyl (C=O) groups excluding carboxylic acids is 1. The molecule has 1 aliphatic heterocycles. The molecule has 0 radical (unpaired) electrons. The Hall–Kier alpha value is -2.67. The van der Waals surface area contributed by atoms with Crippen molar-refractivity contribution >= 4 is 16.9 Å². The fourth-order valence-corrected chi connectivity index (χ4v) is 3.52. The number of piperidine rings is 1. The van der Waals surface area contributed by atoms with Gasteiger partial charge in [0.1, 0.15) is 0 Å². The first-order chi connectivity index (χ1) is 12.2. The fraction of sp³-hybridized carbons (Fsp3) is 0.389. The summed E-state index contributed by atoms with van der Waals surface area (Å²) in [6.45, 7) is 2.95. The molecule has 1 saturated heterocycles. The SMILES string of the molecule is COC(=O)c1cn(C2CCN(Cc3cccc4[nH]ccc34)CC2)nn1. The summed E-state index contributed by atoms with van der Waals surface area (Å²) in [6.07, 6.45) is 5.66. The molecule has 7 nitrogen and oxygen atoms in total. The Morgan fingerprint density at radius 1 is 1.32 bits per heavy atom. The third kappa shape index (κ3) is 3.15. The molecule has 0 spiro atoms. The van der Waals surface area contributed by atoms with Crippen LogP contribution in [0.4, 0.5) is 0 Å². The van der Waals surface area contributed by atoms with Gasteiger partial charge in [0.2, 0.25) is 0 Å². The number of rotatable bonds is 4. The monoisotopic (exact) mass is 339 g/mol. The van der Waals surface area contributed by atoms with Crippen LogP contribution in [0.3, 0.4) is 0 Å². The van der Waals surface area contributed by atoms with Gasteiger partial charge in [-0.2, -0.15) is 0 Å². The number of likely N-dealkylation sites (tertiary alicyclic amines) is 1.